The van der Waals surface area contributed by atoms with E-state index >= 15 is 0 Å². The maximum Gasteiger partial charge on any atom is 0.270 e. The highest BCUT2D eigenvalue weighted by molar-refractivity contribution is 9.10. The smallest absolute Gasteiger partial charge is 0.270 e. The van der Waals surface area contributed by atoms with Crippen molar-refractivity contribution in [1.29, 1.82) is 0 Å². The fourth-order valence-corrected chi connectivity index (χ4v) is 2.78. The van der Waals surface area contributed by atoms with Gasteiger partial charge in [-0.05, 0) is 53.9 Å². The van der Waals surface area contributed by atoms with E-state index in [-0.39, 0.29) is 5.91 Å². The van der Waals surface area contributed by atoms with Gasteiger partial charge in [0.2, 0.25) is 0 Å². The summed E-state index contributed by atoms with van der Waals surface area (Å²) in [4.78, 5) is 14.3. The molecule has 1 aliphatic carbocycles. The molecule has 2 aromatic rings. The second kappa shape index (κ2) is 5.13. The highest BCUT2D eigenvalue weighted by Crippen LogP contribution is 2.37. The molecule has 2 heterocycles. The predicted octanol–water partition coefficient (Wildman–Crippen LogP) is 3.76. The SMILES string of the molecule is Cc1ccc(CN(C)C(=O)c2cc(Br)cn2C2CC2)o1. The monoisotopic (exact) mass is 336 g/mol. The molecule has 2 aromatic heterocycles. The van der Waals surface area contributed by atoms with Gasteiger partial charge in [-0.15, -0.1) is 0 Å². The summed E-state index contributed by atoms with van der Waals surface area (Å²) < 4.78 is 8.56. The van der Waals surface area contributed by atoms with Crippen LogP contribution in [0.3, 0.4) is 0 Å². The quantitative estimate of drug-likeness (QED) is 0.852. The molecule has 0 radical (unpaired) electrons. The molecule has 0 saturated heterocycles. The molecule has 106 valence electrons. The number of hydrogen-bond acceptors (Lipinski definition) is 2. The summed E-state index contributed by atoms with van der Waals surface area (Å²) in [7, 11) is 1.80. The lowest BCUT2D eigenvalue weighted by atomic mass is 10.3. The first-order valence-electron chi connectivity index (χ1n) is 6.73. The fraction of sp³-hybridized carbons (Fsp3) is 0.400. The van der Waals surface area contributed by atoms with Crippen molar-refractivity contribution in [3.63, 3.8) is 0 Å². The number of nitrogens with zero attached hydrogens (tertiary/aromatic N) is 2. The Bertz CT molecular complexity index is 640. The minimum absolute atomic E-state index is 0.0247. The van der Waals surface area contributed by atoms with Crippen LogP contribution < -0.4 is 0 Å². The van der Waals surface area contributed by atoms with Gasteiger partial charge in [-0.3, -0.25) is 4.79 Å². The Balaban J connectivity index is 1.77. The molecular formula is C15H17BrN2O2. The minimum Gasteiger partial charge on any atom is -0.464 e. The Labute approximate surface area is 126 Å². The number of amides is 1. The molecule has 1 saturated carbocycles. The van der Waals surface area contributed by atoms with Crippen LogP contribution in [0.2, 0.25) is 0 Å². The summed E-state index contributed by atoms with van der Waals surface area (Å²) >= 11 is 3.46. The van der Waals surface area contributed by atoms with Gasteiger partial charge in [-0.2, -0.15) is 0 Å². The molecule has 1 amide bonds. The number of hydrogen-bond donors (Lipinski definition) is 0. The molecule has 1 aliphatic rings. The van der Waals surface area contributed by atoms with E-state index in [2.05, 4.69) is 20.5 Å². The molecule has 3 rings (SSSR count). The van der Waals surface area contributed by atoms with Crippen molar-refractivity contribution in [3.8, 4) is 0 Å². The summed E-state index contributed by atoms with van der Waals surface area (Å²) in [5.41, 5.74) is 0.741. The topological polar surface area (TPSA) is 38.4 Å². The van der Waals surface area contributed by atoms with E-state index in [9.17, 15) is 4.79 Å². The molecule has 0 aliphatic heterocycles. The third-order valence-electron chi connectivity index (χ3n) is 3.51. The van der Waals surface area contributed by atoms with E-state index < -0.39 is 0 Å². The van der Waals surface area contributed by atoms with E-state index in [1.54, 1.807) is 11.9 Å². The van der Waals surface area contributed by atoms with Crippen LogP contribution in [-0.4, -0.2) is 22.4 Å². The number of halogens is 1. The number of aryl methyl sites for hydroxylation is 1. The second-order valence-electron chi connectivity index (χ2n) is 5.36. The number of rotatable bonds is 4. The van der Waals surface area contributed by atoms with Gasteiger partial charge in [0.1, 0.15) is 17.2 Å². The lowest BCUT2D eigenvalue weighted by Gasteiger charge is -2.17. The van der Waals surface area contributed by atoms with Crippen LogP contribution in [0, 0.1) is 6.92 Å². The Kier molecular flexibility index (Phi) is 3.46. The maximum absolute atomic E-state index is 12.6. The molecular weight excluding hydrogens is 320 g/mol. The lowest BCUT2D eigenvalue weighted by Crippen LogP contribution is -2.27. The second-order valence-corrected chi connectivity index (χ2v) is 6.27. The highest BCUT2D eigenvalue weighted by Gasteiger charge is 2.28. The van der Waals surface area contributed by atoms with Crippen molar-refractivity contribution >= 4 is 21.8 Å². The zero-order valence-corrected chi connectivity index (χ0v) is 13.2. The van der Waals surface area contributed by atoms with E-state index in [0.29, 0.717) is 12.6 Å². The van der Waals surface area contributed by atoms with Crippen LogP contribution in [0.25, 0.3) is 0 Å². The standard InChI is InChI=1S/C15H17BrN2O2/c1-10-3-6-13(20-10)9-17(2)15(19)14-7-11(16)8-18(14)12-4-5-12/h3,6-8,12H,4-5,9H2,1-2H3. The molecule has 0 aromatic carbocycles. The van der Waals surface area contributed by atoms with Crippen LogP contribution in [0.15, 0.2) is 33.3 Å². The first-order valence-corrected chi connectivity index (χ1v) is 7.52. The first-order chi connectivity index (χ1) is 9.54. The number of furan rings is 1. The van der Waals surface area contributed by atoms with E-state index in [1.165, 1.54) is 0 Å². The van der Waals surface area contributed by atoms with Crippen molar-refractivity contribution in [2.75, 3.05) is 7.05 Å². The highest BCUT2D eigenvalue weighted by atomic mass is 79.9. The van der Waals surface area contributed by atoms with Gasteiger partial charge in [-0.25, -0.2) is 0 Å². The molecule has 1 fully saturated rings. The van der Waals surface area contributed by atoms with Gasteiger partial charge in [0, 0.05) is 23.8 Å². The third kappa shape index (κ3) is 2.68. The zero-order valence-electron chi connectivity index (χ0n) is 11.6. The van der Waals surface area contributed by atoms with Crippen LogP contribution >= 0.6 is 15.9 Å². The molecule has 20 heavy (non-hydrogen) atoms. The van der Waals surface area contributed by atoms with E-state index in [0.717, 1.165) is 34.5 Å². The zero-order chi connectivity index (χ0) is 14.3. The average molecular weight is 337 g/mol. The Hall–Kier alpha value is -1.49. The molecule has 0 N–H and O–H groups in total. The molecule has 0 spiro atoms. The van der Waals surface area contributed by atoms with Gasteiger partial charge >= 0.3 is 0 Å². The van der Waals surface area contributed by atoms with Crippen molar-refractivity contribution in [1.82, 2.24) is 9.47 Å². The first kappa shape index (κ1) is 13.5. The van der Waals surface area contributed by atoms with Crippen LogP contribution in [0.5, 0.6) is 0 Å². The average Bonchev–Trinajstić information content (AvgIpc) is 3.07. The van der Waals surface area contributed by atoms with Crippen molar-refractivity contribution < 1.29 is 9.21 Å². The number of aromatic nitrogens is 1. The summed E-state index contributed by atoms with van der Waals surface area (Å²) in [5, 5.41) is 0. The largest absolute Gasteiger partial charge is 0.464 e. The van der Waals surface area contributed by atoms with Crippen molar-refractivity contribution in [2.45, 2.75) is 32.4 Å². The van der Waals surface area contributed by atoms with Gasteiger partial charge in [-0.1, -0.05) is 0 Å². The van der Waals surface area contributed by atoms with Gasteiger partial charge in [0.15, 0.2) is 0 Å². The normalized spacial score (nSPS) is 14.6. The summed E-state index contributed by atoms with van der Waals surface area (Å²) in [6, 6.07) is 6.20. The van der Waals surface area contributed by atoms with Crippen molar-refractivity contribution in [3.05, 3.63) is 46.1 Å². The predicted molar refractivity (Wildman–Crippen MR) is 79.6 cm³/mol. The Morgan fingerprint density at radius 2 is 2.25 bits per heavy atom. The van der Waals surface area contributed by atoms with E-state index in [1.807, 2.05) is 31.3 Å². The molecule has 0 atom stereocenters. The summed E-state index contributed by atoms with van der Waals surface area (Å²) in [5.74, 6) is 1.70. The maximum atomic E-state index is 12.6. The van der Waals surface area contributed by atoms with E-state index in [4.69, 9.17) is 4.42 Å². The summed E-state index contributed by atoms with van der Waals surface area (Å²) in [6.45, 7) is 2.39. The minimum atomic E-state index is 0.0247. The van der Waals surface area contributed by atoms with Crippen LogP contribution in [-0.2, 0) is 6.54 Å². The van der Waals surface area contributed by atoms with Gasteiger partial charge in [0.05, 0.1) is 6.54 Å². The lowest BCUT2D eigenvalue weighted by molar-refractivity contribution is 0.0764. The number of carbonyl (C=O) groups excluding carboxylic acids is 1. The van der Waals surface area contributed by atoms with Crippen LogP contribution in [0.1, 0.15) is 40.9 Å². The molecule has 4 nitrogen and oxygen atoms in total. The van der Waals surface area contributed by atoms with Crippen molar-refractivity contribution in [2.24, 2.45) is 0 Å². The number of carbonyl (C=O) groups is 1. The van der Waals surface area contributed by atoms with Gasteiger partial charge in [0.25, 0.3) is 5.91 Å². The Morgan fingerprint density at radius 1 is 1.50 bits per heavy atom. The van der Waals surface area contributed by atoms with Gasteiger partial charge < -0.3 is 13.9 Å². The summed E-state index contributed by atoms with van der Waals surface area (Å²) in [6.07, 6.45) is 4.31. The fourth-order valence-electron chi connectivity index (χ4n) is 2.34. The Morgan fingerprint density at radius 3 is 2.85 bits per heavy atom. The molecule has 0 unspecified atom stereocenters. The molecule has 5 heteroatoms. The molecule has 0 bridgehead atoms. The van der Waals surface area contributed by atoms with Crippen LogP contribution in [0.4, 0.5) is 0 Å². The third-order valence-corrected chi connectivity index (χ3v) is 3.94.